The molecule has 0 spiro atoms. The van der Waals surface area contributed by atoms with Gasteiger partial charge in [0, 0.05) is 25.6 Å². The maximum absolute atomic E-state index is 11.3. The number of imide groups is 1. The summed E-state index contributed by atoms with van der Waals surface area (Å²) in [6.07, 6.45) is 1.47. The number of nitriles is 1. The molecule has 1 aromatic rings. The average Bonchev–Trinajstić information content (AvgIpc) is 2.87. The zero-order chi connectivity index (χ0) is 14.5. The van der Waals surface area contributed by atoms with E-state index in [9.17, 15) is 9.59 Å². The molecule has 5 heteroatoms. The molecule has 1 heterocycles. The molecule has 1 atom stereocenters. The van der Waals surface area contributed by atoms with E-state index in [1.165, 1.54) is 11.1 Å². The van der Waals surface area contributed by atoms with Crippen LogP contribution in [0.3, 0.4) is 0 Å². The highest BCUT2D eigenvalue weighted by Gasteiger charge is 2.23. The van der Waals surface area contributed by atoms with Gasteiger partial charge >= 0.3 is 0 Å². The Morgan fingerprint density at radius 2 is 2.25 bits per heavy atom. The van der Waals surface area contributed by atoms with Gasteiger partial charge in [-0.15, -0.1) is 0 Å². The van der Waals surface area contributed by atoms with Gasteiger partial charge in [-0.1, -0.05) is 6.07 Å². The first-order chi connectivity index (χ1) is 9.63. The summed E-state index contributed by atoms with van der Waals surface area (Å²) in [6, 6.07) is 8.17. The Balaban J connectivity index is 1.91. The maximum atomic E-state index is 11.3. The molecule has 1 aromatic carbocycles. The van der Waals surface area contributed by atoms with Gasteiger partial charge in [0.2, 0.25) is 12.3 Å². The van der Waals surface area contributed by atoms with E-state index < -0.39 is 0 Å². The fourth-order valence-corrected chi connectivity index (χ4v) is 2.46. The third-order valence-electron chi connectivity index (χ3n) is 3.71. The summed E-state index contributed by atoms with van der Waals surface area (Å²) in [4.78, 5) is 23.7. The predicted molar refractivity (Wildman–Crippen MR) is 73.3 cm³/mol. The Kier molecular flexibility index (Phi) is 4.49. The summed E-state index contributed by atoms with van der Waals surface area (Å²) in [5.74, 6) is -0.240. The third kappa shape index (κ3) is 3.22. The lowest BCUT2D eigenvalue weighted by Crippen LogP contribution is -2.30. The number of amides is 2. The summed E-state index contributed by atoms with van der Waals surface area (Å²) in [7, 11) is 0. The summed E-state index contributed by atoms with van der Waals surface area (Å²) >= 11 is 0. The van der Waals surface area contributed by atoms with Gasteiger partial charge in [-0.05, 0) is 36.6 Å². The Morgan fingerprint density at radius 3 is 2.95 bits per heavy atom. The number of hydrogen-bond acceptors (Lipinski definition) is 4. The SMILES string of the molecule is CC(CCC(=O)NC=O)N1Cc2ccc(C#N)cc2C1. The molecule has 1 aliphatic rings. The molecule has 104 valence electrons. The molecule has 1 unspecified atom stereocenters. The highest BCUT2D eigenvalue weighted by atomic mass is 16.2. The van der Waals surface area contributed by atoms with E-state index in [4.69, 9.17) is 5.26 Å². The van der Waals surface area contributed by atoms with E-state index in [2.05, 4.69) is 23.2 Å². The van der Waals surface area contributed by atoms with Crippen LogP contribution in [0.5, 0.6) is 0 Å². The lowest BCUT2D eigenvalue weighted by Gasteiger charge is -2.23. The summed E-state index contributed by atoms with van der Waals surface area (Å²) in [5.41, 5.74) is 3.12. The number of benzene rings is 1. The van der Waals surface area contributed by atoms with Gasteiger partial charge in [-0.25, -0.2) is 0 Å². The van der Waals surface area contributed by atoms with Crippen molar-refractivity contribution in [3.63, 3.8) is 0 Å². The van der Waals surface area contributed by atoms with Crippen molar-refractivity contribution < 1.29 is 9.59 Å². The van der Waals surface area contributed by atoms with Crippen LogP contribution in [-0.2, 0) is 22.7 Å². The van der Waals surface area contributed by atoms with Crippen molar-refractivity contribution >= 4 is 12.3 Å². The highest BCUT2D eigenvalue weighted by Crippen LogP contribution is 2.26. The number of carbonyl (C=O) groups is 2. The maximum Gasteiger partial charge on any atom is 0.226 e. The number of rotatable bonds is 5. The Morgan fingerprint density at radius 1 is 1.50 bits per heavy atom. The van der Waals surface area contributed by atoms with Crippen LogP contribution in [0.2, 0.25) is 0 Å². The molecule has 0 saturated carbocycles. The Hall–Kier alpha value is -2.19. The Labute approximate surface area is 118 Å². The quantitative estimate of drug-likeness (QED) is 0.820. The first-order valence-electron chi connectivity index (χ1n) is 6.63. The minimum absolute atomic E-state index is 0.240. The minimum atomic E-state index is -0.240. The van der Waals surface area contributed by atoms with Crippen molar-refractivity contribution in [3.8, 4) is 6.07 Å². The predicted octanol–water partition coefficient (Wildman–Crippen LogP) is 1.32. The normalized spacial score (nSPS) is 15.2. The van der Waals surface area contributed by atoms with Gasteiger partial charge in [-0.3, -0.25) is 19.8 Å². The van der Waals surface area contributed by atoms with E-state index in [0.717, 1.165) is 13.1 Å². The molecule has 2 amide bonds. The van der Waals surface area contributed by atoms with E-state index >= 15 is 0 Å². The molecule has 0 aromatic heterocycles. The fraction of sp³-hybridized carbons (Fsp3) is 0.400. The van der Waals surface area contributed by atoms with Crippen molar-refractivity contribution in [2.75, 3.05) is 0 Å². The zero-order valence-electron chi connectivity index (χ0n) is 11.4. The molecule has 0 radical (unpaired) electrons. The molecule has 0 aliphatic carbocycles. The third-order valence-corrected chi connectivity index (χ3v) is 3.71. The average molecular weight is 271 g/mol. The van der Waals surface area contributed by atoms with Gasteiger partial charge < -0.3 is 0 Å². The summed E-state index contributed by atoms with van der Waals surface area (Å²) < 4.78 is 0. The molecule has 1 aliphatic heterocycles. The second-order valence-electron chi connectivity index (χ2n) is 5.07. The van der Waals surface area contributed by atoms with E-state index in [-0.39, 0.29) is 11.9 Å². The standard InChI is InChI=1S/C15H17N3O2/c1-11(2-5-15(20)17-10-19)18-8-13-4-3-12(7-16)6-14(13)9-18/h3-4,6,10-11H,2,5,8-9H2,1H3,(H,17,19,20). The van der Waals surface area contributed by atoms with Gasteiger partial charge in [0.05, 0.1) is 11.6 Å². The summed E-state index contributed by atoms with van der Waals surface area (Å²) in [6.45, 7) is 3.73. The minimum Gasteiger partial charge on any atom is -0.299 e. The lowest BCUT2D eigenvalue weighted by atomic mass is 10.1. The smallest absolute Gasteiger partial charge is 0.226 e. The lowest BCUT2D eigenvalue weighted by molar-refractivity contribution is -0.125. The molecular weight excluding hydrogens is 254 g/mol. The fourth-order valence-electron chi connectivity index (χ4n) is 2.46. The molecule has 0 saturated heterocycles. The van der Waals surface area contributed by atoms with Gasteiger partial charge in [0.1, 0.15) is 0 Å². The van der Waals surface area contributed by atoms with Gasteiger partial charge in [-0.2, -0.15) is 5.26 Å². The van der Waals surface area contributed by atoms with E-state index in [1.54, 1.807) is 0 Å². The first-order valence-corrected chi connectivity index (χ1v) is 6.63. The van der Waals surface area contributed by atoms with Crippen molar-refractivity contribution in [1.29, 1.82) is 5.26 Å². The number of fused-ring (bicyclic) bond motifs is 1. The molecule has 2 rings (SSSR count). The second-order valence-corrected chi connectivity index (χ2v) is 5.07. The van der Waals surface area contributed by atoms with Gasteiger partial charge in [0.25, 0.3) is 0 Å². The van der Waals surface area contributed by atoms with Crippen molar-refractivity contribution in [1.82, 2.24) is 10.2 Å². The van der Waals surface area contributed by atoms with Gasteiger partial charge in [0.15, 0.2) is 0 Å². The van der Waals surface area contributed by atoms with Crippen LogP contribution < -0.4 is 5.32 Å². The number of nitrogens with zero attached hydrogens (tertiary/aromatic N) is 2. The largest absolute Gasteiger partial charge is 0.299 e. The number of hydrogen-bond donors (Lipinski definition) is 1. The van der Waals surface area contributed by atoms with E-state index in [1.807, 2.05) is 18.2 Å². The van der Waals surface area contributed by atoms with Crippen LogP contribution in [-0.4, -0.2) is 23.3 Å². The van der Waals surface area contributed by atoms with Crippen LogP contribution in [0.25, 0.3) is 0 Å². The molecule has 5 nitrogen and oxygen atoms in total. The monoisotopic (exact) mass is 271 g/mol. The van der Waals surface area contributed by atoms with Crippen LogP contribution in [0, 0.1) is 11.3 Å². The second kappa shape index (κ2) is 6.31. The molecule has 0 bridgehead atoms. The summed E-state index contributed by atoms with van der Waals surface area (Å²) in [5, 5.41) is 11.1. The topological polar surface area (TPSA) is 73.2 Å². The number of carbonyl (C=O) groups excluding carboxylic acids is 2. The van der Waals surface area contributed by atoms with Crippen molar-refractivity contribution in [3.05, 3.63) is 34.9 Å². The van der Waals surface area contributed by atoms with Crippen LogP contribution in [0.1, 0.15) is 36.5 Å². The van der Waals surface area contributed by atoms with E-state index in [0.29, 0.717) is 24.8 Å². The number of nitrogens with one attached hydrogen (secondary N) is 1. The van der Waals surface area contributed by atoms with Crippen LogP contribution in [0.4, 0.5) is 0 Å². The van der Waals surface area contributed by atoms with Crippen molar-refractivity contribution in [2.45, 2.75) is 38.9 Å². The highest BCUT2D eigenvalue weighted by molar-refractivity contribution is 5.85. The first kappa shape index (κ1) is 14.2. The molecule has 1 N–H and O–H groups in total. The van der Waals surface area contributed by atoms with Crippen molar-refractivity contribution in [2.24, 2.45) is 0 Å². The molecular formula is C15H17N3O2. The Bertz CT molecular complexity index is 563. The van der Waals surface area contributed by atoms with Crippen LogP contribution >= 0.6 is 0 Å². The van der Waals surface area contributed by atoms with Crippen LogP contribution in [0.15, 0.2) is 18.2 Å². The zero-order valence-corrected chi connectivity index (χ0v) is 11.4. The molecule has 20 heavy (non-hydrogen) atoms. The molecule has 0 fully saturated rings.